The predicted molar refractivity (Wildman–Crippen MR) is 84.3 cm³/mol. The van der Waals surface area contributed by atoms with Crippen LogP contribution in [0.15, 0.2) is 28.7 Å². The fraction of sp³-hybridized carbons (Fsp3) is 0.529. The molecular weight excluding hydrogens is 264 g/mol. The van der Waals surface area contributed by atoms with E-state index < -0.39 is 0 Å². The predicted octanol–water partition coefficient (Wildman–Crippen LogP) is 2.29. The standard InChI is InChI=1S/C17H24N2O2/c1-13-16(15-6-2-3-7-17(15)21-13)12-19(9-10-20)11-14-5-4-8-18-14/h2-3,6-7,14,18,20H,4-5,8-12H2,1H3. The Labute approximate surface area is 125 Å². The average molecular weight is 288 g/mol. The molecule has 1 unspecified atom stereocenters. The Hall–Kier alpha value is -1.36. The van der Waals surface area contributed by atoms with Gasteiger partial charge in [-0.2, -0.15) is 0 Å². The van der Waals surface area contributed by atoms with Crippen LogP contribution in [0, 0.1) is 6.92 Å². The highest BCUT2D eigenvalue weighted by molar-refractivity contribution is 5.82. The summed E-state index contributed by atoms with van der Waals surface area (Å²) < 4.78 is 5.84. The molecule has 2 heterocycles. The summed E-state index contributed by atoms with van der Waals surface area (Å²) in [5, 5.41) is 14.1. The summed E-state index contributed by atoms with van der Waals surface area (Å²) in [6, 6.07) is 8.74. The summed E-state index contributed by atoms with van der Waals surface area (Å²) in [6.07, 6.45) is 2.48. The van der Waals surface area contributed by atoms with Gasteiger partial charge in [-0.15, -0.1) is 0 Å². The molecule has 0 bridgehead atoms. The van der Waals surface area contributed by atoms with Crippen molar-refractivity contribution in [1.82, 2.24) is 10.2 Å². The molecule has 1 aromatic carbocycles. The number of fused-ring (bicyclic) bond motifs is 1. The van der Waals surface area contributed by atoms with Crippen molar-refractivity contribution < 1.29 is 9.52 Å². The highest BCUT2D eigenvalue weighted by atomic mass is 16.3. The lowest BCUT2D eigenvalue weighted by Gasteiger charge is -2.24. The zero-order valence-corrected chi connectivity index (χ0v) is 12.6. The molecule has 3 rings (SSSR count). The Balaban J connectivity index is 1.78. The fourth-order valence-electron chi connectivity index (χ4n) is 3.24. The van der Waals surface area contributed by atoms with E-state index >= 15 is 0 Å². The van der Waals surface area contributed by atoms with E-state index in [-0.39, 0.29) is 6.61 Å². The number of benzene rings is 1. The van der Waals surface area contributed by atoms with Crippen LogP contribution >= 0.6 is 0 Å². The number of nitrogens with one attached hydrogen (secondary N) is 1. The number of nitrogens with zero attached hydrogens (tertiary/aromatic N) is 1. The number of hydrogen-bond acceptors (Lipinski definition) is 4. The molecule has 2 aromatic rings. The van der Waals surface area contributed by atoms with E-state index in [1.165, 1.54) is 23.8 Å². The van der Waals surface area contributed by atoms with Crippen LogP contribution in [0.3, 0.4) is 0 Å². The van der Waals surface area contributed by atoms with Crippen molar-refractivity contribution >= 4 is 11.0 Å². The van der Waals surface area contributed by atoms with Crippen molar-refractivity contribution in [2.45, 2.75) is 32.4 Å². The smallest absolute Gasteiger partial charge is 0.134 e. The molecule has 1 aliphatic heterocycles. The van der Waals surface area contributed by atoms with Crippen LogP contribution in [-0.4, -0.2) is 42.3 Å². The van der Waals surface area contributed by atoms with Gasteiger partial charge in [0.05, 0.1) is 6.61 Å². The molecule has 0 saturated carbocycles. The van der Waals surface area contributed by atoms with E-state index in [1.807, 2.05) is 19.1 Å². The van der Waals surface area contributed by atoms with Crippen LogP contribution in [0.5, 0.6) is 0 Å². The van der Waals surface area contributed by atoms with Crippen molar-refractivity contribution in [3.05, 3.63) is 35.6 Å². The van der Waals surface area contributed by atoms with Crippen molar-refractivity contribution in [3.63, 3.8) is 0 Å². The Kier molecular flexibility index (Phi) is 4.58. The van der Waals surface area contributed by atoms with Gasteiger partial charge in [-0.25, -0.2) is 0 Å². The van der Waals surface area contributed by atoms with Crippen LogP contribution in [0.1, 0.15) is 24.2 Å². The van der Waals surface area contributed by atoms with Gasteiger partial charge in [-0.05, 0) is 32.4 Å². The van der Waals surface area contributed by atoms with Gasteiger partial charge in [0, 0.05) is 36.6 Å². The fourth-order valence-corrected chi connectivity index (χ4v) is 3.24. The lowest BCUT2D eigenvalue weighted by atomic mass is 10.1. The van der Waals surface area contributed by atoms with Crippen LogP contribution < -0.4 is 5.32 Å². The Morgan fingerprint density at radius 3 is 3.00 bits per heavy atom. The molecule has 1 fully saturated rings. The van der Waals surface area contributed by atoms with Gasteiger partial charge in [0.15, 0.2) is 0 Å². The average Bonchev–Trinajstić information content (AvgIpc) is 3.08. The number of hydrogen-bond donors (Lipinski definition) is 2. The molecular formula is C17H24N2O2. The maximum absolute atomic E-state index is 9.34. The first-order valence-corrected chi connectivity index (χ1v) is 7.81. The molecule has 0 radical (unpaired) electrons. The second-order valence-electron chi connectivity index (χ2n) is 5.88. The Bertz CT molecular complexity index is 587. The highest BCUT2D eigenvalue weighted by Gasteiger charge is 2.20. The minimum Gasteiger partial charge on any atom is -0.461 e. The minimum atomic E-state index is 0.196. The van der Waals surface area contributed by atoms with Crippen LogP contribution in [-0.2, 0) is 6.54 Å². The molecule has 1 aliphatic rings. The van der Waals surface area contributed by atoms with Gasteiger partial charge >= 0.3 is 0 Å². The topological polar surface area (TPSA) is 48.6 Å². The first-order valence-electron chi connectivity index (χ1n) is 7.81. The van der Waals surface area contributed by atoms with Crippen molar-refractivity contribution in [1.29, 1.82) is 0 Å². The lowest BCUT2D eigenvalue weighted by molar-refractivity contribution is 0.179. The van der Waals surface area contributed by atoms with Crippen molar-refractivity contribution in [2.24, 2.45) is 0 Å². The van der Waals surface area contributed by atoms with Gasteiger partial charge < -0.3 is 14.8 Å². The molecule has 114 valence electrons. The van der Waals surface area contributed by atoms with Crippen LogP contribution in [0.4, 0.5) is 0 Å². The molecule has 0 aliphatic carbocycles. The van der Waals surface area contributed by atoms with Gasteiger partial charge in [-0.1, -0.05) is 18.2 Å². The van der Waals surface area contributed by atoms with Crippen molar-refractivity contribution in [2.75, 3.05) is 26.2 Å². The quantitative estimate of drug-likeness (QED) is 0.856. The van der Waals surface area contributed by atoms with Gasteiger partial charge in [0.1, 0.15) is 11.3 Å². The van der Waals surface area contributed by atoms with Gasteiger partial charge in [-0.3, -0.25) is 4.90 Å². The molecule has 0 amide bonds. The first-order chi connectivity index (χ1) is 10.3. The second-order valence-corrected chi connectivity index (χ2v) is 5.88. The summed E-state index contributed by atoms with van der Waals surface area (Å²) >= 11 is 0. The summed E-state index contributed by atoms with van der Waals surface area (Å²) in [5.41, 5.74) is 2.20. The van der Waals surface area contributed by atoms with Crippen LogP contribution in [0.25, 0.3) is 11.0 Å². The van der Waals surface area contributed by atoms with E-state index in [4.69, 9.17) is 4.42 Å². The number of aryl methyl sites for hydroxylation is 1. The lowest BCUT2D eigenvalue weighted by Crippen LogP contribution is -2.38. The number of aliphatic hydroxyl groups excluding tert-OH is 1. The largest absolute Gasteiger partial charge is 0.461 e. The SMILES string of the molecule is Cc1oc2ccccc2c1CN(CCO)CC1CCCN1. The van der Waals surface area contributed by atoms with Gasteiger partial charge in [0.2, 0.25) is 0 Å². The molecule has 21 heavy (non-hydrogen) atoms. The van der Waals surface area contributed by atoms with E-state index in [0.29, 0.717) is 12.6 Å². The third kappa shape index (κ3) is 3.28. The Morgan fingerprint density at radius 2 is 2.24 bits per heavy atom. The van der Waals surface area contributed by atoms with E-state index in [0.717, 1.165) is 31.0 Å². The molecule has 2 N–H and O–H groups in total. The minimum absolute atomic E-state index is 0.196. The third-order valence-corrected chi connectivity index (χ3v) is 4.34. The van der Waals surface area contributed by atoms with E-state index in [9.17, 15) is 5.11 Å². The third-order valence-electron chi connectivity index (χ3n) is 4.34. The maximum atomic E-state index is 9.34. The summed E-state index contributed by atoms with van der Waals surface area (Å²) in [6.45, 7) is 5.87. The molecule has 4 nitrogen and oxygen atoms in total. The highest BCUT2D eigenvalue weighted by Crippen LogP contribution is 2.26. The summed E-state index contributed by atoms with van der Waals surface area (Å²) in [5.74, 6) is 0.985. The molecule has 1 aromatic heterocycles. The maximum Gasteiger partial charge on any atom is 0.134 e. The molecule has 1 saturated heterocycles. The van der Waals surface area contributed by atoms with Crippen molar-refractivity contribution in [3.8, 4) is 0 Å². The van der Waals surface area contributed by atoms with E-state index in [1.54, 1.807) is 0 Å². The molecule has 1 atom stereocenters. The molecule has 4 heteroatoms. The summed E-state index contributed by atoms with van der Waals surface area (Å²) in [4.78, 5) is 2.33. The summed E-state index contributed by atoms with van der Waals surface area (Å²) in [7, 11) is 0. The monoisotopic (exact) mass is 288 g/mol. The number of para-hydroxylation sites is 1. The van der Waals surface area contributed by atoms with Gasteiger partial charge in [0.25, 0.3) is 0 Å². The molecule has 0 spiro atoms. The number of aliphatic hydroxyl groups is 1. The second kappa shape index (κ2) is 6.60. The zero-order chi connectivity index (χ0) is 14.7. The zero-order valence-electron chi connectivity index (χ0n) is 12.6. The normalized spacial score (nSPS) is 18.9. The number of furan rings is 1. The first kappa shape index (κ1) is 14.6. The van der Waals surface area contributed by atoms with Crippen LogP contribution in [0.2, 0.25) is 0 Å². The Morgan fingerprint density at radius 1 is 1.38 bits per heavy atom. The number of rotatable bonds is 6. The van der Waals surface area contributed by atoms with E-state index in [2.05, 4.69) is 22.3 Å².